The van der Waals surface area contributed by atoms with Crippen molar-refractivity contribution < 1.29 is 19.8 Å². The second kappa shape index (κ2) is 6.52. The van der Waals surface area contributed by atoms with Crippen LogP contribution in [-0.4, -0.2) is 22.1 Å². The molecule has 0 spiro atoms. The molecule has 2 rings (SSSR count). The van der Waals surface area contributed by atoms with Crippen LogP contribution in [0.15, 0.2) is 24.3 Å². The number of benzene rings is 1. The maximum Gasteiger partial charge on any atom is 0.306 e. The third kappa shape index (κ3) is 3.57. The molecule has 5 nitrogen and oxygen atoms in total. The zero-order valence-corrected chi connectivity index (χ0v) is 11.2. The zero-order valence-electron chi connectivity index (χ0n) is 11.2. The van der Waals surface area contributed by atoms with Crippen LogP contribution in [0, 0.1) is 11.8 Å². The molecule has 5 heteroatoms. The Morgan fingerprint density at radius 1 is 1.10 bits per heavy atom. The van der Waals surface area contributed by atoms with Gasteiger partial charge in [0.05, 0.1) is 12.5 Å². The molecule has 0 bridgehead atoms. The lowest BCUT2D eigenvalue weighted by Crippen LogP contribution is -2.29. The number of amides is 1. The van der Waals surface area contributed by atoms with Gasteiger partial charge in [-0.3, -0.25) is 9.59 Å². The molecule has 108 valence electrons. The Bertz CT molecular complexity index is 483. The molecule has 1 aliphatic rings. The van der Waals surface area contributed by atoms with Crippen LogP contribution >= 0.6 is 0 Å². The lowest BCUT2D eigenvalue weighted by Gasteiger charge is -2.11. The average Bonchev–Trinajstić information content (AvgIpc) is 2.95. The summed E-state index contributed by atoms with van der Waals surface area (Å²) in [6.07, 6.45) is 1.66. The van der Waals surface area contributed by atoms with E-state index in [1.165, 1.54) is 0 Å². The Balaban J connectivity index is 1.81. The van der Waals surface area contributed by atoms with E-state index in [0.29, 0.717) is 25.8 Å². The van der Waals surface area contributed by atoms with Crippen LogP contribution in [0.4, 0.5) is 0 Å². The monoisotopic (exact) mass is 277 g/mol. The molecule has 20 heavy (non-hydrogen) atoms. The van der Waals surface area contributed by atoms with E-state index in [0.717, 1.165) is 11.1 Å². The van der Waals surface area contributed by atoms with E-state index in [1.54, 1.807) is 0 Å². The van der Waals surface area contributed by atoms with Crippen molar-refractivity contribution in [1.82, 2.24) is 5.32 Å². The molecular weight excluding hydrogens is 258 g/mol. The van der Waals surface area contributed by atoms with Gasteiger partial charge in [-0.2, -0.15) is 0 Å². The summed E-state index contributed by atoms with van der Waals surface area (Å²) in [5.41, 5.74) is 1.79. The fraction of sp³-hybridized carbons (Fsp3) is 0.467. The minimum absolute atomic E-state index is 0.00525. The first-order valence-corrected chi connectivity index (χ1v) is 6.79. The average molecular weight is 277 g/mol. The van der Waals surface area contributed by atoms with Crippen molar-refractivity contribution in [3.8, 4) is 0 Å². The van der Waals surface area contributed by atoms with E-state index >= 15 is 0 Å². The number of hydrogen-bond donors (Lipinski definition) is 3. The van der Waals surface area contributed by atoms with Crippen molar-refractivity contribution in [2.45, 2.75) is 32.4 Å². The van der Waals surface area contributed by atoms with Gasteiger partial charge in [0.1, 0.15) is 0 Å². The molecular formula is C15H19NO4. The van der Waals surface area contributed by atoms with Crippen molar-refractivity contribution in [3.05, 3.63) is 35.4 Å². The number of aliphatic carboxylic acids is 1. The number of aliphatic hydroxyl groups is 1. The molecule has 1 aromatic rings. The summed E-state index contributed by atoms with van der Waals surface area (Å²) in [7, 11) is 0. The van der Waals surface area contributed by atoms with Crippen molar-refractivity contribution in [3.63, 3.8) is 0 Å². The number of carboxylic acids is 1. The smallest absolute Gasteiger partial charge is 0.306 e. The third-order valence-electron chi connectivity index (χ3n) is 3.82. The molecule has 0 radical (unpaired) electrons. The predicted octanol–water partition coefficient (Wildman–Crippen LogP) is 1.30. The van der Waals surface area contributed by atoms with E-state index in [1.807, 2.05) is 24.3 Å². The first kappa shape index (κ1) is 14.5. The molecule has 2 unspecified atom stereocenters. The van der Waals surface area contributed by atoms with E-state index < -0.39 is 5.97 Å². The minimum Gasteiger partial charge on any atom is -0.481 e. The molecule has 3 N–H and O–H groups in total. The zero-order chi connectivity index (χ0) is 14.5. The predicted molar refractivity (Wildman–Crippen MR) is 72.7 cm³/mol. The maximum atomic E-state index is 12.0. The van der Waals surface area contributed by atoms with Gasteiger partial charge in [-0.25, -0.2) is 0 Å². The van der Waals surface area contributed by atoms with Gasteiger partial charge in [0.15, 0.2) is 0 Å². The van der Waals surface area contributed by atoms with Gasteiger partial charge < -0.3 is 15.5 Å². The van der Waals surface area contributed by atoms with Gasteiger partial charge >= 0.3 is 5.97 Å². The molecule has 1 aromatic carbocycles. The van der Waals surface area contributed by atoms with E-state index in [2.05, 4.69) is 5.32 Å². The summed E-state index contributed by atoms with van der Waals surface area (Å²) in [5.74, 6) is -1.44. The Kier molecular flexibility index (Phi) is 4.74. The molecule has 1 amide bonds. The largest absolute Gasteiger partial charge is 0.481 e. The molecule has 0 aliphatic heterocycles. The number of hydrogen-bond acceptors (Lipinski definition) is 3. The first-order valence-electron chi connectivity index (χ1n) is 6.79. The maximum absolute atomic E-state index is 12.0. The Morgan fingerprint density at radius 3 is 2.25 bits per heavy atom. The van der Waals surface area contributed by atoms with E-state index in [-0.39, 0.29) is 24.3 Å². The first-order chi connectivity index (χ1) is 9.60. The fourth-order valence-electron chi connectivity index (χ4n) is 2.54. The van der Waals surface area contributed by atoms with Crippen molar-refractivity contribution in [1.29, 1.82) is 0 Å². The number of aliphatic hydroxyl groups excluding tert-OH is 1. The third-order valence-corrected chi connectivity index (χ3v) is 3.82. The fourth-order valence-corrected chi connectivity index (χ4v) is 2.54. The molecule has 1 fully saturated rings. The highest BCUT2D eigenvalue weighted by atomic mass is 16.4. The summed E-state index contributed by atoms with van der Waals surface area (Å²) < 4.78 is 0. The normalized spacial score (nSPS) is 21.6. The van der Waals surface area contributed by atoms with Crippen LogP contribution in [0.1, 0.15) is 30.4 Å². The Labute approximate surface area is 117 Å². The molecule has 1 aliphatic carbocycles. The summed E-state index contributed by atoms with van der Waals surface area (Å²) >= 11 is 0. The number of carbonyl (C=O) groups is 2. The van der Waals surface area contributed by atoms with Gasteiger partial charge in [-0.05, 0) is 30.4 Å². The highest BCUT2D eigenvalue weighted by Gasteiger charge is 2.33. The van der Waals surface area contributed by atoms with Crippen LogP contribution < -0.4 is 5.32 Å². The number of nitrogens with one attached hydrogen (secondary N) is 1. The lowest BCUT2D eigenvalue weighted by atomic mass is 10.0. The van der Waals surface area contributed by atoms with Gasteiger partial charge in [0.2, 0.25) is 5.91 Å². The van der Waals surface area contributed by atoms with Crippen LogP contribution in [0.3, 0.4) is 0 Å². The summed E-state index contributed by atoms with van der Waals surface area (Å²) in [4.78, 5) is 22.8. The number of carboxylic acid groups (broad SMARTS) is 1. The van der Waals surface area contributed by atoms with Gasteiger partial charge in [-0.15, -0.1) is 0 Å². The standard InChI is InChI=1S/C15H19NO4/c17-9-11-3-1-10(2-4-11)8-16-14(18)12-5-6-13(7-12)15(19)20/h1-4,12-13,17H,5-9H2,(H,16,18)(H,19,20). The van der Waals surface area contributed by atoms with Gasteiger partial charge in [0.25, 0.3) is 0 Å². The van der Waals surface area contributed by atoms with Crippen molar-refractivity contribution >= 4 is 11.9 Å². The summed E-state index contributed by atoms with van der Waals surface area (Å²) in [6, 6.07) is 7.36. The summed E-state index contributed by atoms with van der Waals surface area (Å²) in [6.45, 7) is 0.435. The lowest BCUT2D eigenvalue weighted by molar-refractivity contribution is -0.141. The number of rotatable bonds is 5. The topological polar surface area (TPSA) is 86.6 Å². The van der Waals surface area contributed by atoms with Crippen molar-refractivity contribution in [2.75, 3.05) is 0 Å². The van der Waals surface area contributed by atoms with Crippen molar-refractivity contribution in [2.24, 2.45) is 11.8 Å². The second-order valence-corrected chi connectivity index (χ2v) is 5.24. The van der Waals surface area contributed by atoms with E-state index in [4.69, 9.17) is 10.2 Å². The van der Waals surface area contributed by atoms with Crippen LogP contribution in [0.25, 0.3) is 0 Å². The highest BCUT2D eigenvalue weighted by Crippen LogP contribution is 2.31. The quantitative estimate of drug-likeness (QED) is 0.757. The van der Waals surface area contributed by atoms with Crippen LogP contribution in [0.5, 0.6) is 0 Å². The Hall–Kier alpha value is -1.88. The van der Waals surface area contributed by atoms with Crippen LogP contribution in [0.2, 0.25) is 0 Å². The highest BCUT2D eigenvalue weighted by molar-refractivity contribution is 5.80. The van der Waals surface area contributed by atoms with E-state index in [9.17, 15) is 9.59 Å². The molecule has 0 heterocycles. The Morgan fingerprint density at radius 2 is 1.70 bits per heavy atom. The number of carbonyl (C=O) groups excluding carboxylic acids is 1. The van der Waals surface area contributed by atoms with Gasteiger partial charge in [-0.1, -0.05) is 24.3 Å². The minimum atomic E-state index is -0.806. The van der Waals surface area contributed by atoms with Crippen LogP contribution in [-0.2, 0) is 22.7 Å². The SMILES string of the molecule is O=C(O)C1CCC(C(=O)NCc2ccc(CO)cc2)C1. The molecule has 0 aromatic heterocycles. The molecule has 0 saturated heterocycles. The molecule has 1 saturated carbocycles. The molecule has 2 atom stereocenters. The summed E-state index contributed by atoms with van der Waals surface area (Å²) in [5, 5.41) is 20.7. The second-order valence-electron chi connectivity index (χ2n) is 5.24. The van der Waals surface area contributed by atoms with Gasteiger partial charge in [0, 0.05) is 12.5 Å².